The van der Waals surface area contributed by atoms with Gasteiger partial charge in [-0.1, -0.05) is 23.7 Å². The summed E-state index contributed by atoms with van der Waals surface area (Å²) in [6, 6.07) is 10.9. The largest absolute Gasteiger partial charge is 0.455 e. The number of carbonyl (C=O) groups excluding carboxylic acids is 1. The van der Waals surface area contributed by atoms with Crippen molar-refractivity contribution in [2.45, 2.75) is 6.92 Å². The minimum absolute atomic E-state index is 0.293. The molecule has 0 saturated heterocycles. The number of hydrogen-bond acceptors (Lipinski definition) is 4. The van der Waals surface area contributed by atoms with Gasteiger partial charge in [0.15, 0.2) is 0 Å². The summed E-state index contributed by atoms with van der Waals surface area (Å²) in [4.78, 5) is 11.0. The molecule has 0 atom stereocenters. The smallest absolute Gasteiger partial charge is 0.427 e. The first kappa shape index (κ1) is 14.1. The third-order valence-corrected chi connectivity index (χ3v) is 2.59. The van der Waals surface area contributed by atoms with Gasteiger partial charge in [-0.05, 0) is 31.2 Å². The van der Waals surface area contributed by atoms with Gasteiger partial charge in [-0.25, -0.2) is 10.2 Å². The molecule has 1 N–H and O–H groups in total. The van der Waals surface area contributed by atoms with E-state index in [1.54, 1.807) is 31.2 Å². The minimum Gasteiger partial charge on any atom is -0.455 e. The van der Waals surface area contributed by atoms with Crippen molar-refractivity contribution in [1.29, 1.82) is 0 Å². The molecule has 1 amide bonds. The Morgan fingerprint density at radius 1 is 1.45 bits per heavy atom. The molecule has 1 aromatic carbocycles. The quantitative estimate of drug-likeness (QED) is 0.690. The molecule has 0 bridgehead atoms. The molecule has 20 heavy (non-hydrogen) atoms. The molecule has 0 spiro atoms. The fourth-order valence-corrected chi connectivity index (χ4v) is 1.72. The van der Waals surface area contributed by atoms with Crippen LogP contribution in [0.1, 0.15) is 12.7 Å². The fourth-order valence-electron chi connectivity index (χ4n) is 1.53. The molecular formula is C14H13ClN2O3. The summed E-state index contributed by atoms with van der Waals surface area (Å²) in [7, 11) is 0. The number of hydrazone groups is 1. The Kier molecular flexibility index (Phi) is 4.79. The Bertz CT molecular complexity index is 622. The maximum atomic E-state index is 11.0. The monoisotopic (exact) mass is 292 g/mol. The number of benzene rings is 1. The van der Waals surface area contributed by atoms with Crippen molar-refractivity contribution in [3.05, 3.63) is 47.2 Å². The van der Waals surface area contributed by atoms with Gasteiger partial charge >= 0.3 is 6.09 Å². The van der Waals surface area contributed by atoms with Crippen LogP contribution in [0.25, 0.3) is 11.3 Å². The summed E-state index contributed by atoms with van der Waals surface area (Å²) in [5.41, 5.74) is 3.09. The molecule has 104 valence electrons. The van der Waals surface area contributed by atoms with Crippen molar-refractivity contribution >= 4 is 23.9 Å². The van der Waals surface area contributed by atoms with Crippen LogP contribution < -0.4 is 5.43 Å². The van der Waals surface area contributed by atoms with Gasteiger partial charge in [0, 0.05) is 10.6 Å². The van der Waals surface area contributed by atoms with Crippen molar-refractivity contribution in [1.82, 2.24) is 5.43 Å². The summed E-state index contributed by atoms with van der Waals surface area (Å²) < 4.78 is 10.2. The lowest BCUT2D eigenvalue weighted by Gasteiger charge is -1.98. The SMILES string of the molecule is CCOC(=O)N/N=C/c1ccc(-c2cccc(Cl)c2)o1. The minimum atomic E-state index is -0.606. The zero-order valence-corrected chi connectivity index (χ0v) is 11.6. The zero-order valence-electron chi connectivity index (χ0n) is 10.8. The molecule has 1 aromatic heterocycles. The first-order valence-corrected chi connectivity index (χ1v) is 6.38. The number of nitrogens with one attached hydrogen (secondary N) is 1. The Morgan fingerprint density at radius 3 is 3.05 bits per heavy atom. The van der Waals surface area contributed by atoms with Crippen LogP contribution in [0.5, 0.6) is 0 Å². The standard InChI is InChI=1S/C14H13ClN2O3/c1-2-19-14(18)17-16-9-12-6-7-13(20-12)10-4-3-5-11(15)8-10/h3-9H,2H2,1H3,(H,17,18)/b16-9+. The number of carbonyl (C=O) groups is 1. The van der Waals surface area contributed by atoms with Crippen LogP contribution in [0, 0.1) is 0 Å². The van der Waals surface area contributed by atoms with Gasteiger partial charge in [-0.2, -0.15) is 5.10 Å². The van der Waals surface area contributed by atoms with E-state index in [4.69, 9.17) is 16.0 Å². The molecule has 0 fully saturated rings. The Balaban J connectivity index is 2.02. The van der Waals surface area contributed by atoms with Crippen molar-refractivity contribution in [3.8, 4) is 11.3 Å². The average Bonchev–Trinajstić information content (AvgIpc) is 2.88. The van der Waals surface area contributed by atoms with Gasteiger partial charge in [-0.3, -0.25) is 0 Å². The van der Waals surface area contributed by atoms with Gasteiger partial charge in [0.2, 0.25) is 0 Å². The molecule has 1 heterocycles. The highest BCUT2D eigenvalue weighted by molar-refractivity contribution is 6.30. The summed E-state index contributed by atoms with van der Waals surface area (Å²) in [6.07, 6.45) is 0.788. The lowest BCUT2D eigenvalue weighted by Crippen LogP contribution is -2.18. The lowest BCUT2D eigenvalue weighted by atomic mass is 10.2. The average molecular weight is 293 g/mol. The van der Waals surface area contributed by atoms with Gasteiger partial charge < -0.3 is 9.15 Å². The van der Waals surface area contributed by atoms with E-state index in [0.717, 1.165) is 5.56 Å². The summed E-state index contributed by atoms with van der Waals surface area (Å²) in [5.74, 6) is 1.18. The van der Waals surface area contributed by atoms with Crippen molar-refractivity contribution in [2.75, 3.05) is 6.61 Å². The molecule has 2 aromatic rings. The molecule has 0 saturated carbocycles. The van der Waals surface area contributed by atoms with Crippen LogP contribution in [-0.2, 0) is 4.74 Å². The number of hydrogen-bond donors (Lipinski definition) is 1. The maximum absolute atomic E-state index is 11.0. The van der Waals surface area contributed by atoms with E-state index in [1.807, 2.05) is 12.1 Å². The predicted molar refractivity (Wildman–Crippen MR) is 76.9 cm³/mol. The molecule has 0 aliphatic rings. The molecule has 2 rings (SSSR count). The molecule has 5 nitrogen and oxygen atoms in total. The highest BCUT2D eigenvalue weighted by atomic mass is 35.5. The summed E-state index contributed by atoms with van der Waals surface area (Å²) >= 11 is 5.92. The highest BCUT2D eigenvalue weighted by Crippen LogP contribution is 2.24. The first-order chi connectivity index (χ1) is 9.69. The van der Waals surface area contributed by atoms with Crippen molar-refractivity contribution in [3.63, 3.8) is 0 Å². The Morgan fingerprint density at radius 2 is 2.30 bits per heavy atom. The van der Waals surface area contributed by atoms with Gasteiger partial charge in [0.05, 0.1) is 12.8 Å². The van der Waals surface area contributed by atoms with Crippen LogP contribution in [0.4, 0.5) is 4.79 Å². The van der Waals surface area contributed by atoms with E-state index in [9.17, 15) is 4.79 Å². The number of furan rings is 1. The van der Waals surface area contributed by atoms with E-state index >= 15 is 0 Å². The first-order valence-electron chi connectivity index (χ1n) is 6.00. The van der Waals surface area contributed by atoms with Crippen LogP contribution in [-0.4, -0.2) is 18.9 Å². The number of amides is 1. The fraction of sp³-hybridized carbons (Fsp3) is 0.143. The van der Waals surface area contributed by atoms with E-state index in [1.165, 1.54) is 6.21 Å². The van der Waals surface area contributed by atoms with Crippen LogP contribution in [0.2, 0.25) is 5.02 Å². The third kappa shape index (κ3) is 3.86. The van der Waals surface area contributed by atoms with Crippen molar-refractivity contribution < 1.29 is 13.9 Å². The van der Waals surface area contributed by atoms with Crippen LogP contribution in [0.3, 0.4) is 0 Å². The van der Waals surface area contributed by atoms with E-state index in [0.29, 0.717) is 23.2 Å². The zero-order chi connectivity index (χ0) is 14.4. The maximum Gasteiger partial charge on any atom is 0.427 e. The second-order valence-corrected chi connectivity index (χ2v) is 4.24. The Hall–Kier alpha value is -2.27. The van der Waals surface area contributed by atoms with Crippen LogP contribution >= 0.6 is 11.6 Å². The molecule has 0 aliphatic carbocycles. The number of nitrogens with zero attached hydrogens (tertiary/aromatic N) is 1. The van der Waals surface area contributed by atoms with E-state index < -0.39 is 6.09 Å². The predicted octanol–water partition coefficient (Wildman–Crippen LogP) is 3.68. The van der Waals surface area contributed by atoms with E-state index in [-0.39, 0.29) is 0 Å². The molecule has 0 radical (unpaired) electrons. The van der Waals surface area contributed by atoms with Crippen LogP contribution in [0.15, 0.2) is 45.9 Å². The van der Waals surface area contributed by atoms with Crippen molar-refractivity contribution in [2.24, 2.45) is 5.10 Å². The molecule has 0 unspecified atom stereocenters. The topological polar surface area (TPSA) is 63.8 Å². The second-order valence-electron chi connectivity index (χ2n) is 3.80. The lowest BCUT2D eigenvalue weighted by molar-refractivity contribution is 0.152. The second kappa shape index (κ2) is 6.77. The number of ether oxygens (including phenoxy) is 1. The Labute approximate surface area is 121 Å². The highest BCUT2D eigenvalue weighted by Gasteiger charge is 2.04. The normalized spacial score (nSPS) is 10.7. The van der Waals surface area contributed by atoms with Gasteiger partial charge in [0.1, 0.15) is 11.5 Å². The van der Waals surface area contributed by atoms with Gasteiger partial charge in [0.25, 0.3) is 0 Å². The molecular weight excluding hydrogens is 280 g/mol. The third-order valence-electron chi connectivity index (χ3n) is 2.36. The number of rotatable bonds is 4. The summed E-state index contributed by atoms with van der Waals surface area (Å²) in [6.45, 7) is 2.01. The summed E-state index contributed by atoms with van der Waals surface area (Å²) in [5, 5.41) is 4.35. The molecule has 0 aliphatic heterocycles. The molecule has 6 heteroatoms. The number of halogens is 1. The van der Waals surface area contributed by atoms with Gasteiger partial charge in [-0.15, -0.1) is 0 Å². The van der Waals surface area contributed by atoms with E-state index in [2.05, 4.69) is 15.3 Å².